The number of nitrogens with zero attached hydrogens (tertiary/aromatic N) is 1. The van der Waals surface area contributed by atoms with E-state index < -0.39 is 0 Å². The minimum absolute atomic E-state index is 0.0462. The molecule has 4 heteroatoms. The van der Waals surface area contributed by atoms with E-state index in [-0.39, 0.29) is 18.1 Å². The van der Waals surface area contributed by atoms with Crippen LogP contribution in [0.4, 0.5) is 5.69 Å². The van der Waals surface area contributed by atoms with Gasteiger partial charge < -0.3 is 15.3 Å². The quantitative estimate of drug-likeness (QED) is 0.806. The van der Waals surface area contributed by atoms with Crippen LogP contribution in [0.15, 0.2) is 54.6 Å². The predicted octanol–water partition coefficient (Wildman–Crippen LogP) is 2.79. The average Bonchev–Trinajstić information content (AvgIpc) is 2.60. The summed E-state index contributed by atoms with van der Waals surface area (Å²) in [7, 11) is 4.01. The van der Waals surface area contributed by atoms with Crippen molar-refractivity contribution in [2.45, 2.75) is 37.8 Å². The van der Waals surface area contributed by atoms with E-state index in [1.54, 1.807) is 0 Å². The molecule has 0 aliphatic heterocycles. The van der Waals surface area contributed by atoms with Gasteiger partial charge in [0.25, 0.3) is 0 Å². The van der Waals surface area contributed by atoms with Gasteiger partial charge >= 0.3 is 0 Å². The molecule has 2 aromatic carbocycles. The highest BCUT2D eigenvalue weighted by Crippen LogP contribution is 2.31. The van der Waals surface area contributed by atoms with Crippen molar-refractivity contribution < 1.29 is 9.90 Å². The molecule has 1 amide bonds. The minimum atomic E-state index is -0.214. The molecule has 0 heterocycles. The highest BCUT2D eigenvalue weighted by atomic mass is 16.3. The molecule has 26 heavy (non-hydrogen) atoms. The Morgan fingerprint density at radius 1 is 1.08 bits per heavy atom. The van der Waals surface area contributed by atoms with Gasteiger partial charge in [-0.15, -0.1) is 0 Å². The van der Waals surface area contributed by atoms with E-state index in [4.69, 9.17) is 0 Å². The molecule has 3 rings (SSSR count). The molecule has 1 aliphatic carbocycles. The van der Waals surface area contributed by atoms with Gasteiger partial charge in [0.1, 0.15) is 0 Å². The van der Waals surface area contributed by atoms with Gasteiger partial charge in [0.15, 0.2) is 0 Å². The summed E-state index contributed by atoms with van der Waals surface area (Å²) in [6.07, 6.45) is 2.52. The first kappa shape index (κ1) is 18.5. The summed E-state index contributed by atoms with van der Waals surface area (Å²) in [5, 5.41) is 12.9. The van der Waals surface area contributed by atoms with Crippen LogP contribution in [-0.4, -0.2) is 37.3 Å². The van der Waals surface area contributed by atoms with Gasteiger partial charge in [-0.1, -0.05) is 42.5 Å². The molecule has 1 fully saturated rings. The minimum Gasteiger partial charge on any atom is -0.393 e. The Bertz CT molecular complexity index is 707. The molecule has 0 spiro atoms. The van der Waals surface area contributed by atoms with Gasteiger partial charge in [-0.3, -0.25) is 4.79 Å². The maximum Gasteiger partial charge on any atom is 0.224 e. The Balaban J connectivity index is 1.61. The van der Waals surface area contributed by atoms with Crippen molar-refractivity contribution >= 4 is 11.6 Å². The molecule has 2 N–H and O–H groups in total. The van der Waals surface area contributed by atoms with Gasteiger partial charge in [-0.05, 0) is 48.4 Å². The first-order valence-corrected chi connectivity index (χ1v) is 9.29. The van der Waals surface area contributed by atoms with Crippen molar-refractivity contribution in [1.82, 2.24) is 5.32 Å². The summed E-state index contributed by atoms with van der Waals surface area (Å²) < 4.78 is 0. The third-order valence-corrected chi connectivity index (χ3v) is 5.18. The van der Waals surface area contributed by atoms with E-state index in [0.29, 0.717) is 12.3 Å². The van der Waals surface area contributed by atoms with E-state index in [0.717, 1.165) is 30.5 Å². The Hall–Kier alpha value is -2.33. The normalized spacial score (nSPS) is 20.1. The van der Waals surface area contributed by atoms with Crippen molar-refractivity contribution in [2.75, 3.05) is 19.0 Å². The summed E-state index contributed by atoms with van der Waals surface area (Å²) in [5.41, 5.74) is 3.36. The lowest BCUT2D eigenvalue weighted by atomic mass is 9.75. The summed E-state index contributed by atoms with van der Waals surface area (Å²) >= 11 is 0. The molecule has 1 saturated carbocycles. The number of carbonyl (C=O) groups excluding carboxylic acids is 1. The second-order valence-electron chi connectivity index (χ2n) is 7.49. The van der Waals surface area contributed by atoms with Gasteiger partial charge in [-0.25, -0.2) is 0 Å². The van der Waals surface area contributed by atoms with Crippen LogP contribution in [0, 0.1) is 5.92 Å². The smallest absolute Gasteiger partial charge is 0.224 e. The van der Waals surface area contributed by atoms with E-state index in [1.807, 2.05) is 61.5 Å². The Morgan fingerprint density at radius 3 is 2.31 bits per heavy atom. The van der Waals surface area contributed by atoms with Gasteiger partial charge in [0.05, 0.1) is 12.5 Å². The van der Waals surface area contributed by atoms with Crippen molar-refractivity contribution in [3.8, 4) is 0 Å². The maximum absolute atomic E-state index is 12.6. The Kier molecular flexibility index (Phi) is 5.94. The topological polar surface area (TPSA) is 52.6 Å². The zero-order valence-corrected chi connectivity index (χ0v) is 15.6. The number of amides is 1. The highest BCUT2D eigenvalue weighted by Gasteiger charge is 2.34. The molecule has 0 radical (unpaired) electrons. The molecule has 138 valence electrons. The molecular formula is C22H28N2O2. The molecule has 0 bridgehead atoms. The first-order chi connectivity index (χ1) is 12.5. The fraction of sp³-hybridized carbons (Fsp3) is 0.409. The number of aliphatic hydroxyl groups is 1. The monoisotopic (exact) mass is 352 g/mol. The summed E-state index contributed by atoms with van der Waals surface area (Å²) in [6.45, 7) is 0. The summed E-state index contributed by atoms with van der Waals surface area (Å²) in [5.74, 6) is 0.398. The van der Waals surface area contributed by atoms with Crippen LogP contribution in [0.3, 0.4) is 0 Å². The standard InChI is InChI=1S/C22H28N2O2/c1-24(2)19-10-8-17(9-11-19)13-22(26)23-21(18-14-20(25)15-18)12-16-6-4-3-5-7-16/h3-11,18,20-21,25H,12-15H2,1-2H3,(H,23,26). The zero-order valence-electron chi connectivity index (χ0n) is 15.6. The van der Waals surface area contributed by atoms with Crippen LogP contribution < -0.4 is 10.2 Å². The number of anilines is 1. The number of aliphatic hydroxyl groups excluding tert-OH is 1. The second-order valence-corrected chi connectivity index (χ2v) is 7.49. The Morgan fingerprint density at radius 2 is 1.73 bits per heavy atom. The number of hydrogen-bond donors (Lipinski definition) is 2. The lowest BCUT2D eigenvalue weighted by Gasteiger charge is -2.38. The molecule has 1 aliphatic rings. The summed E-state index contributed by atoms with van der Waals surface area (Å²) in [6, 6.07) is 18.4. The predicted molar refractivity (Wildman–Crippen MR) is 105 cm³/mol. The molecule has 1 atom stereocenters. The third kappa shape index (κ3) is 4.85. The van der Waals surface area contributed by atoms with Crippen LogP contribution in [0.1, 0.15) is 24.0 Å². The van der Waals surface area contributed by atoms with Crippen molar-refractivity contribution in [2.24, 2.45) is 5.92 Å². The van der Waals surface area contributed by atoms with E-state index in [2.05, 4.69) is 17.4 Å². The lowest BCUT2D eigenvalue weighted by Crippen LogP contribution is -2.48. The number of nitrogens with one attached hydrogen (secondary N) is 1. The van der Waals surface area contributed by atoms with Crippen LogP contribution in [-0.2, 0) is 17.6 Å². The van der Waals surface area contributed by atoms with Crippen molar-refractivity contribution in [3.05, 3.63) is 65.7 Å². The van der Waals surface area contributed by atoms with Crippen molar-refractivity contribution in [3.63, 3.8) is 0 Å². The molecule has 1 unspecified atom stereocenters. The van der Waals surface area contributed by atoms with Gasteiger partial charge in [0, 0.05) is 25.8 Å². The molecule has 2 aromatic rings. The molecular weight excluding hydrogens is 324 g/mol. The van der Waals surface area contributed by atoms with E-state index in [9.17, 15) is 9.90 Å². The van der Waals surface area contributed by atoms with Crippen molar-refractivity contribution in [1.29, 1.82) is 0 Å². The zero-order chi connectivity index (χ0) is 18.5. The van der Waals surface area contributed by atoms with Crippen LogP contribution in [0.25, 0.3) is 0 Å². The van der Waals surface area contributed by atoms with Crippen LogP contribution in [0.5, 0.6) is 0 Å². The van der Waals surface area contributed by atoms with E-state index >= 15 is 0 Å². The number of hydrogen-bond acceptors (Lipinski definition) is 3. The lowest BCUT2D eigenvalue weighted by molar-refractivity contribution is -0.122. The SMILES string of the molecule is CN(C)c1ccc(CC(=O)NC(Cc2ccccc2)C2CC(O)C2)cc1. The fourth-order valence-corrected chi connectivity index (χ4v) is 3.52. The highest BCUT2D eigenvalue weighted by molar-refractivity contribution is 5.79. The van der Waals surface area contributed by atoms with Gasteiger partial charge in [-0.2, -0.15) is 0 Å². The maximum atomic E-state index is 12.6. The molecule has 0 saturated heterocycles. The Labute approximate surface area is 155 Å². The number of carbonyl (C=O) groups is 1. The fourth-order valence-electron chi connectivity index (χ4n) is 3.52. The number of benzene rings is 2. The van der Waals surface area contributed by atoms with E-state index in [1.165, 1.54) is 5.56 Å². The number of rotatable bonds is 7. The summed E-state index contributed by atoms with van der Waals surface area (Å²) in [4.78, 5) is 14.6. The van der Waals surface area contributed by atoms with Crippen LogP contribution >= 0.6 is 0 Å². The van der Waals surface area contributed by atoms with Crippen LogP contribution in [0.2, 0.25) is 0 Å². The van der Waals surface area contributed by atoms with Gasteiger partial charge in [0.2, 0.25) is 5.91 Å². The third-order valence-electron chi connectivity index (χ3n) is 5.18. The largest absolute Gasteiger partial charge is 0.393 e. The second kappa shape index (κ2) is 8.37. The average molecular weight is 352 g/mol. The molecule has 0 aromatic heterocycles. The first-order valence-electron chi connectivity index (χ1n) is 9.29. The molecule has 4 nitrogen and oxygen atoms in total.